The number of rotatable bonds is 5. The van der Waals surface area contributed by atoms with Crippen LogP contribution >= 0.6 is 0 Å². The van der Waals surface area contributed by atoms with Crippen LogP contribution in [0.2, 0.25) is 0 Å². The van der Waals surface area contributed by atoms with Gasteiger partial charge in [0.15, 0.2) is 11.6 Å². The predicted octanol–water partition coefficient (Wildman–Crippen LogP) is 2.96. The Morgan fingerprint density at radius 1 is 1.50 bits per heavy atom. The van der Waals surface area contributed by atoms with Gasteiger partial charge >= 0.3 is 0 Å². The number of halogens is 1. The molecule has 1 rings (SSSR count). The fraction of sp³-hybridized carbons (Fsp3) is 0.417. The molecule has 1 N–H and O–H groups in total. The van der Waals surface area contributed by atoms with Crippen molar-refractivity contribution in [3.8, 4) is 5.75 Å². The van der Waals surface area contributed by atoms with Gasteiger partial charge in [0.05, 0.1) is 7.11 Å². The van der Waals surface area contributed by atoms with Crippen LogP contribution in [0.4, 0.5) is 10.1 Å². The van der Waals surface area contributed by atoms with E-state index in [0.717, 1.165) is 12.8 Å². The Balaban J connectivity index is 2.61. The average Bonchev–Trinajstić information content (AvgIpc) is 2.26. The normalized spacial score (nSPS) is 9.94. The molecule has 0 fully saturated rings. The van der Waals surface area contributed by atoms with Gasteiger partial charge in [-0.15, -0.1) is 0 Å². The SMILES string of the molecule is CCCCC(=O)Nc1ccc(OC)c(F)c1. The van der Waals surface area contributed by atoms with Crippen molar-refractivity contribution in [1.29, 1.82) is 0 Å². The number of methoxy groups -OCH3 is 1. The quantitative estimate of drug-likeness (QED) is 0.836. The molecular weight excluding hydrogens is 209 g/mol. The topological polar surface area (TPSA) is 38.3 Å². The van der Waals surface area contributed by atoms with Crippen molar-refractivity contribution in [1.82, 2.24) is 0 Å². The van der Waals surface area contributed by atoms with Gasteiger partial charge in [-0.1, -0.05) is 13.3 Å². The summed E-state index contributed by atoms with van der Waals surface area (Å²) in [6.07, 6.45) is 2.26. The number of anilines is 1. The summed E-state index contributed by atoms with van der Waals surface area (Å²) in [5.74, 6) is -0.395. The predicted molar refractivity (Wildman–Crippen MR) is 61.1 cm³/mol. The number of hydrogen-bond donors (Lipinski definition) is 1. The van der Waals surface area contributed by atoms with Gasteiger partial charge in [-0.2, -0.15) is 0 Å². The molecule has 0 aliphatic rings. The number of ether oxygens (including phenoxy) is 1. The first-order valence-corrected chi connectivity index (χ1v) is 5.30. The number of nitrogens with one attached hydrogen (secondary N) is 1. The van der Waals surface area contributed by atoms with Crippen molar-refractivity contribution in [3.05, 3.63) is 24.0 Å². The lowest BCUT2D eigenvalue weighted by Crippen LogP contribution is -2.11. The molecule has 0 aromatic heterocycles. The van der Waals surface area contributed by atoms with Crippen LogP contribution in [0.3, 0.4) is 0 Å². The van der Waals surface area contributed by atoms with Crippen LogP contribution in [0.25, 0.3) is 0 Å². The highest BCUT2D eigenvalue weighted by atomic mass is 19.1. The van der Waals surface area contributed by atoms with Crippen molar-refractivity contribution in [3.63, 3.8) is 0 Å². The maximum atomic E-state index is 13.3. The number of amides is 1. The largest absolute Gasteiger partial charge is 0.494 e. The fourth-order valence-electron chi connectivity index (χ4n) is 1.30. The van der Waals surface area contributed by atoms with Crippen molar-refractivity contribution in [2.75, 3.05) is 12.4 Å². The minimum atomic E-state index is -0.476. The molecule has 16 heavy (non-hydrogen) atoms. The summed E-state index contributed by atoms with van der Waals surface area (Å²) < 4.78 is 18.1. The lowest BCUT2D eigenvalue weighted by atomic mass is 10.2. The molecule has 0 aliphatic heterocycles. The molecule has 1 amide bonds. The number of hydrogen-bond acceptors (Lipinski definition) is 2. The zero-order valence-electron chi connectivity index (χ0n) is 9.55. The van der Waals surface area contributed by atoms with Crippen LogP contribution in [0.5, 0.6) is 5.75 Å². The zero-order valence-corrected chi connectivity index (χ0v) is 9.55. The number of carbonyl (C=O) groups is 1. The summed E-state index contributed by atoms with van der Waals surface area (Å²) in [4.78, 5) is 11.4. The van der Waals surface area contributed by atoms with E-state index in [0.29, 0.717) is 12.1 Å². The summed E-state index contributed by atoms with van der Waals surface area (Å²) in [5, 5.41) is 2.63. The van der Waals surface area contributed by atoms with Crippen molar-refractivity contribution >= 4 is 11.6 Å². The molecule has 0 spiro atoms. The van der Waals surface area contributed by atoms with Gasteiger partial charge in [0.2, 0.25) is 5.91 Å². The lowest BCUT2D eigenvalue weighted by Gasteiger charge is -2.06. The summed E-state index contributed by atoms with van der Waals surface area (Å²) in [7, 11) is 1.40. The van der Waals surface area contributed by atoms with E-state index in [9.17, 15) is 9.18 Å². The maximum absolute atomic E-state index is 13.3. The van der Waals surface area contributed by atoms with Crippen LogP contribution in [-0.4, -0.2) is 13.0 Å². The Morgan fingerprint density at radius 2 is 2.25 bits per heavy atom. The second kappa shape index (κ2) is 6.10. The minimum absolute atomic E-state index is 0.0913. The maximum Gasteiger partial charge on any atom is 0.224 e. The smallest absolute Gasteiger partial charge is 0.224 e. The Labute approximate surface area is 94.6 Å². The molecule has 88 valence electrons. The molecule has 0 heterocycles. The summed E-state index contributed by atoms with van der Waals surface area (Å²) in [5.41, 5.74) is 0.458. The van der Waals surface area contributed by atoms with Gasteiger partial charge in [-0.05, 0) is 18.6 Å². The Morgan fingerprint density at radius 3 is 2.81 bits per heavy atom. The standard InChI is InChI=1S/C12H16FNO2/c1-3-4-5-12(15)14-9-6-7-11(16-2)10(13)8-9/h6-8H,3-5H2,1-2H3,(H,14,15). The molecule has 1 aromatic rings. The molecule has 0 aliphatic carbocycles. The number of unbranched alkanes of at least 4 members (excludes halogenated alkanes) is 1. The third kappa shape index (κ3) is 3.53. The Hall–Kier alpha value is -1.58. The van der Waals surface area contributed by atoms with E-state index >= 15 is 0 Å². The summed E-state index contributed by atoms with van der Waals surface area (Å²) in [6.45, 7) is 2.01. The van der Waals surface area contributed by atoms with Crippen LogP contribution in [-0.2, 0) is 4.79 Å². The molecule has 0 saturated heterocycles. The third-order valence-electron chi connectivity index (χ3n) is 2.19. The van der Waals surface area contributed by atoms with Crippen LogP contribution in [0.1, 0.15) is 26.2 Å². The first-order valence-electron chi connectivity index (χ1n) is 5.30. The lowest BCUT2D eigenvalue weighted by molar-refractivity contribution is -0.116. The van der Waals surface area contributed by atoms with Crippen LogP contribution < -0.4 is 10.1 Å². The molecular formula is C12H16FNO2. The first-order chi connectivity index (χ1) is 7.67. The molecule has 0 unspecified atom stereocenters. The Bertz CT molecular complexity index is 366. The molecule has 4 heteroatoms. The molecule has 0 radical (unpaired) electrons. The van der Waals surface area contributed by atoms with Gasteiger partial charge in [-0.25, -0.2) is 4.39 Å². The number of carbonyl (C=O) groups excluding carboxylic acids is 1. The fourth-order valence-corrected chi connectivity index (χ4v) is 1.30. The molecule has 0 bridgehead atoms. The summed E-state index contributed by atoms with van der Waals surface area (Å²) >= 11 is 0. The van der Waals surface area contributed by atoms with E-state index in [2.05, 4.69) is 5.32 Å². The van der Waals surface area contributed by atoms with E-state index in [1.165, 1.54) is 19.2 Å². The average molecular weight is 225 g/mol. The van der Waals surface area contributed by atoms with Crippen molar-refractivity contribution in [2.24, 2.45) is 0 Å². The Kier molecular flexibility index (Phi) is 4.76. The minimum Gasteiger partial charge on any atom is -0.494 e. The zero-order chi connectivity index (χ0) is 12.0. The molecule has 1 aromatic carbocycles. The monoisotopic (exact) mass is 225 g/mol. The number of benzene rings is 1. The second-order valence-corrected chi connectivity index (χ2v) is 3.50. The van der Waals surface area contributed by atoms with E-state index in [-0.39, 0.29) is 11.7 Å². The molecule has 0 atom stereocenters. The van der Waals surface area contributed by atoms with Crippen LogP contribution in [0.15, 0.2) is 18.2 Å². The van der Waals surface area contributed by atoms with Gasteiger partial charge in [0, 0.05) is 18.2 Å². The second-order valence-electron chi connectivity index (χ2n) is 3.50. The third-order valence-corrected chi connectivity index (χ3v) is 2.19. The highest BCUT2D eigenvalue weighted by molar-refractivity contribution is 5.90. The molecule has 3 nitrogen and oxygen atoms in total. The van der Waals surface area contributed by atoms with Gasteiger partial charge in [0.25, 0.3) is 0 Å². The van der Waals surface area contributed by atoms with E-state index < -0.39 is 5.82 Å². The van der Waals surface area contributed by atoms with Gasteiger partial charge in [0.1, 0.15) is 0 Å². The van der Waals surface area contributed by atoms with Gasteiger partial charge < -0.3 is 10.1 Å². The highest BCUT2D eigenvalue weighted by Gasteiger charge is 2.05. The van der Waals surface area contributed by atoms with E-state index in [4.69, 9.17) is 4.74 Å². The van der Waals surface area contributed by atoms with Crippen LogP contribution in [0, 0.1) is 5.82 Å². The van der Waals surface area contributed by atoms with Gasteiger partial charge in [-0.3, -0.25) is 4.79 Å². The van der Waals surface area contributed by atoms with E-state index in [1.54, 1.807) is 6.07 Å². The molecule has 0 saturated carbocycles. The van der Waals surface area contributed by atoms with Crippen molar-refractivity contribution < 1.29 is 13.9 Å². The van der Waals surface area contributed by atoms with Crippen molar-refractivity contribution in [2.45, 2.75) is 26.2 Å². The van der Waals surface area contributed by atoms with E-state index in [1.807, 2.05) is 6.92 Å². The summed E-state index contributed by atoms with van der Waals surface area (Å²) in [6, 6.07) is 4.36. The highest BCUT2D eigenvalue weighted by Crippen LogP contribution is 2.20. The first kappa shape index (κ1) is 12.5.